The second-order valence-electron chi connectivity index (χ2n) is 4.23. The van der Waals surface area contributed by atoms with Crippen LogP contribution < -0.4 is 0 Å². The highest BCUT2D eigenvalue weighted by Gasteiger charge is 2.55. The molecule has 0 aromatic carbocycles. The summed E-state index contributed by atoms with van der Waals surface area (Å²) >= 11 is 29.2. The lowest BCUT2D eigenvalue weighted by molar-refractivity contribution is -0.133. The normalized spacial score (nSPS) is 27.9. The Hall–Kier alpha value is 0.680. The molecule has 0 unspecified atom stereocenters. The first-order chi connectivity index (χ1) is 8.65. The number of hydrogen-bond donors (Lipinski definition) is 0. The number of rotatable bonds is 2. The molecule has 2 rings (SSSR count). The molecule has 1 aliphatic heterocycles. The van der Waals surface area contributed by atoms with Crippen molar-refractivity contribution in [3.63, 3.8) is 0 Å². The maximum Gasteiger partial charge on any atom is 0.243 e. The van der Waals surface area contributed by atoms with Crippen LogP contribution in [0.5, 0.6) is 0 Å². The van der Waals surface area contributed by atoms with Crippen LogP contribution in [0.15, 0.2) is 12.2 Å². The minimum absolute atomic E-state index is 0.343. The van der Waals surface area contributed by atoms with E-state index in [9.17, 15) is 9.59 Å². The summed E-state index contributed by atoms with van der Waals surface area (Å²) in [6, 6.07) is 0. The molecule has 0 saturated carbocycles. The number of nitrogens with zero attached hydrogens (tertiary/aromatic N) is 1. The average Bonchev–Trinajstić information content (AvgIpc) is 2.54. The summed E-state index contributed by atoms with van der Waals surface area (Å²) in [5, 5.41) is 0. The van der Waals surface area contributed by atoms with Crippen LogP contribution in [0, 0.1) is 11.8 Å². The largest absolute Gasteiger partial charge is 0.273 e. The van der Waals surface area contributed by atoms with Gasteiger partial charge < -0.3 is 0 Å². The van der Waals surface area contributed by atoms with Crippen LogP contribution in [0.4, 0.5) is 0 Å². The van der Waals surface area contributed by atoms with E-state index in [0.29, 0.717) is 24.8 Å². The standard InChI is InChI=1S/C10H8Cl5NO2S/c11-9(12,13)10(14,15)19-16-7(17)5-3-1-2-4-6(5)8(16)18/h1-2,5-6H,3-4H2/t5-,6+. The van der Waals surface area contributed by atoms with Crippen molar-refractivity contribution in [3.05, 3.63) is 12.2 Å². The van der Waals surface area contributed by atoms with Gasteiger partial charge in [-0.2, -0.15) is 0 Å². The number of amides is 2. The first-order valence-electron chi connectivity index (χ1n) is 5.31. The first kappa shape index (κ1) is 16.1. The number of carbonyl (C=O) groups excluding carboxylic acids is 2. The molecule has 19 heavy (non-hydrogen) atoms. The minimum Gasteiger partial charge on any atom is -0.273 e. The SMILES string of the molecule is O=C1[C@H]2CC=CC[C@H]2C(=O)N1SC(Cl)(Cl)C(Cl)(Cl)Cl. The third-order valence-electron chi connectivity index (χ3n) is 3.00. The fourth-order valence-corrected chi connectivity index (χ4v) is 3.53. The van der Waals surface area contributed by atoms with E-state index < -0.39 is 7.46 Å². The van der Waals surface area contributed by atoms with Crippen LogP contribution >= 0.6 is 70.0 Å². The number of fused-ring (bicyclic) bond motifs is 1. The van der Waals surface area contributed by atoms with Crippen LogP contribution in [0.1, 0.15) is 12.8 Å². The molecule has 0 aromatic rings. The van der Waals surface area contributed by atoms with E-state index in [1.165, 1.54) is 0 Å². The van der Waals surface area contributed by atoms with Gasteiger partial charge in [-0.05, 0) is 12.8 Å². The second-order valence-corrected chi connectivity index (χ2v) is 9.45. The zero-order valence-corrected chi connectivity index (χ0v) is 13.9. The molecule has 3 nitrogen and oxygen atoms in total. The molecular weight excluding hydrogens is 375 g/mol. The maximum absolute atomic E-state index is 12.2. The van der Waals surface area contributed by atoms with E-state index in [2.05, 4.69) is 0 Å². The van der Waals surface area contributed by atoms with Gasteiger partial charge in [0.25, 0.3) is 0 Å². The number of carbonyl (C=O) groups is 2. The lowest BCUT2D eigenvalue weighted by atomic mass is 9.85. The van der Waals surface area contributed by atoms with Crippen molar-refractivity contribution >= 4 is 81.8 Å². The summed E-state index contributed by atoms with van der Waals surface area (Å²) in [6.07, 6.45) is 4.81. The van der Waals surface area contributed by atoms with Gasteiger partial charge in [-0.3, -0.25) is 9.59 Å². The Morgan fingerprint density at radius 3 is 1.79 bits per heavy atom. The lowest BCUT2D eigenvalue weighted by Crippen LogP contribution is -2.35. The quantitative estimate of drug-likeness (QED) is 0.312. The molecular formula is C10H8Cl5NO2S. The Morgan fingerprint density at radius 1 is 1.00 bits per heavy atom. The third-order valence-corrected chi connectivity index (χ3v) is 6.83. The van der Waals surface area contributed by atoms with E-state index >= 15 is 0 Å². The molecule has 0 N–H and O–H groups in total. The minimum atomic E-state index is -2.03. The van der Waals surface area contributed by atoms with Crippen molar-refractivity contribution < 1.29 is 9.59 Å². The van der Waals surface area contributed by atoms with Crippen LogP contribution in [0.2, 0.25) is 0 Å². The topological polar surface area (TPSA) is 37.4 Å². The van der Waals surface area contributed by atoms with E-state index in [4.69, 9.17) is 58.0 Å². The molecule has 2 atom stereocenters. The smallest absolute Gasteiger partial charge is 0.243 e. The molecule has 0 bridgehead atoms. The van der Waals surface area contributed by atoms with E-state index in [0.717, 1.165) is 4.31 Å². The molecule has 2 amide bonds. The van der Waals surface area contributed by atoms with Crippen molar-refractivity contribution in [2.24, 2.45) is 11.8 Å². The summed E-state index contributed by atoms with van der Waals surface area (Å²) in [4.78, 5) is 24.3. The lowest BCUT2D eigenvalue weighted by Gasteiger charge is -2.29. The molecule has 0 radical (unpaired) electrons. The maximum atomic E-state index is 12.2. The molecule has 1 fully saturated rings. The van der Waals surface area contributed by atoms with Gasteiger partial charge in [-0.1, -0.05) is 70.2 Å². The molecule has 1 aliphatic carbocycles. The van der Waals surface area contributed by atoms with Crippen molar-refractivity contribution in [2.45, 2.75) is 20.3 Å². The number of allylic oxidation sites excluding steroid dienone is 2. The van der Waals surface area contributed by atoms with Crippen molar-refractivity contribution in [1.82, 2.24) is 4.31 Å². The molecule has 2 aliphatic rings. The summed E-state index contributed by atoms with van der Waals surface area (Å²) < 4.78 is -3.04. The summed E-state index contributed by atoms with van der Waals surface area (Å²) in [7, 11) is 0. The van der Waals surface area contributed by atoms with E-state index in [1.807, 2.05) is 12.2 Å². The van der Waals surface area contributed by atoms with Gasteiger partial charge in [0.15, 0.2) is 0 Å². The molecule has 0 aromatic heterocycles. The Balaban J connectivity index is 2.19. The number of halogens is 5. The zero-order valence-electron chi connectivity index (χ0n) is 9.29. The third kappa shape index (κ3) is 2.99. The van der Waals surface area contributed by atoms with Gasteiger partial charge in [0, 0.05) is 11.9 Å². The van der Waals surface area contributed by atoms with Gasteiger partial charge in [-0.15, -0.1) is 0 Å². The van der Waals surface area contributed by atoms with Crippen LogP contribution in [-0.4, -0.2) is 23.6 Å². The molecule has 106 valence electrons. The van der Waals surface area contributed by atoms with Gasteiger partial charge in [0.05, 0.1) is 11.8 Å². The Bertz CT molecular complexity index is 422. The highest BCUT2D eigenvalue weighted by Crippen LogP contribution is 2.55. The fourth-order valence-electron chi connectivity index (χ4n) is 2.03. The van der Waals surface area contributed by atoms with Crippen LogP contribution in [-0.2, 0) is 9.59 Å². The monoisotopic (exact) mass is 381 g/mol. The van der Waals surface area contributed by atoms with E-state index in [-0.39, 0.29) is 23.7 Å². The van der Waals surface area contributed by atoms with Gasteiger partial charge in [0.1, 0.15) is 0 Å². The Morgan fingerprint density at radius 2 is 1.42 bits per heavy atom. The van der Waals surface area contributed by atoms with Crippen molar-refractivity contribution in [2.75, 3.05) is 0 Å². The number of hydrogen-bond acceptors (Lipinski definition) is 3. The Labute approximate surface area is 139 Å². The predicted octanol–water partition coefficient (Wildman–Crippen LogP) is 4.09. The van der Waals surface area contributed by atoms with Crippen molar-refractivity contribution in [1.29, 1.82) is 0 Å². The summed E-state index contributed by atoms with van der Waals surface area (Å²) in [5.74, 6) is -1.43. The highest BCUT2D eigenvalue weighted by molar-refractivity contribution is 8.02. The molecule has 9 heteroatoms. The summed E-state index contributed by atoms with van der Waals surface area (Å²) in [5.41, 5.74) is 0. The second kappa shape index (κ2) is 5.47. The highest BCUT2D eigenvalue weighted by atomic mass is 35.6. The van der Waals surface area contributed by atoms with Gasteiger partial charge >= 0.3 is 0 Å². The number of imide groups is 1. The predicted molar refractivity (Wildman–Crippen MR) is 79.5 cm³/mol. The van der Waals surface area contributed by atoms with Gasteiger partial charge in [-0.25, -0.2) is 4.31 Å². The molecule has 1 heterocycles. The first-order valence-corrected chi connectivity index (χ1v) is 7.98. The average molecular weight is 384 g/mol. The number of alkyl halides is 5. The molecule has 1 saturated heterocycles. The van der Waals surface area contributed by atoms with Crippen molar-refractivity contribution in [3.8, 4) is 0 Å². The Kier molecular flexibility index (Phi) is 4.62. The van der Waals surface area contributed by atoms with E-state index in [1.54, 1.807) is 0 Å². The zero-order chi connectivity index (χ0) is 14.4. The van der Waals surface area contributed by atoms with Crippen LogP contribution in [0.3, 0.4) is 0 Å². The van der Waals surface area contributed by atoms with Crippen LogP contribution in [0.25, 0.3) is 0 Å². The molecule has 0 spiro atoms. The fraction of sp³-hybridized carbons (Fsp3) is 0.600. The summed E-state index contributed by atoms with van der Waals surface area (Å²) in [6.45, 7) is 0. The van der Waals surface area contributed by atoms with Gasteiger partial charge in [0.2, 0.25) is 19.3 Å².